The molecule has 8 nitrogen and oxygen atoms in total. The molecule has 0 unspecified atom stereocenters. The van der Waals surface area contributed by atoms with Gasteiger partial charge in [0.15, 0.2) is 11.9 Å². The van der Waals surface area contributed by atoms with Gasteiger partial charge in [-0.1, -0.05) is 13.0 Å². The molecule has 0 fully saturated rings. The van der Waals surface area contributed by atoms with E-state index in [1.165, 1.54) is 0 Å². The molecule has 0 saturated heterocycles. The lowest BCUT2D eigenvalue weighted by molar-refractivity contribution is -0.112. The summed E-state index contributed by atoms with van der Waals surface area (Å²) >= 11 is 0. The molecule has 0 aliphatic carbocycles. The number of anilines is 1. The number of ether oxygens (including phenoxy) is 4. The molecular weight excluding hydrogens is 396 g/mol. The molecular formula is C23H30N4O4. The maximum Gasteiger partial charge on any atom is 0.176 e. The van der Waals surface area contributed by atoms with Gasteiger partial charge in [-0.2, -0.15) is 9.61 Å². The van der Waals surface area contributed by atoms with Crippen LogP contribution in [0.5, 0.6) is 5.75 Å². The van der Waals surface area contributed by atoms with Gasteiger partial charge >= 0.3 is 0 Å². The van der Waals surface area contributed by atoms with E-state index in [1.807, 2.05) is 23.6 Å². The van der Waals surface area contributed by atoms with Crippen molar-refractivity contribution >= 4 is 11.5 Å². The predicted molar refractivity (Wildman–Crippen MR) is 118 cm³/mol. The second-order valence-corrected chi connectivity index (χ2v) is 7.75. The number of fused-ring (bicyclic) bond motifs is 2. The monoisotopic (exact) mass is 426 g/mol. The van der Waals surface area contributed by atoms with E-state index in [4.69, 9.17) is 29.0 Å². The highest BCUT2D eigenvalue weighted by atomic mass is 16.7. The lowest BCUT2D eigenvalue weighted by Gasteiger charge is -2.26. The van der Waals surface area contributed by atoms with Gasteiger partial charge in [0.05, 0.1) is 37.8 Å². The highest BCUT2D eigenvalue weighted by Crippen LogP contribution is 2.36. The number of benzene rings is 1. The Bertz CT molecular complexity index is 1090. The van der Waals surface area contributed by atoms with E-state index in [1.54, 1.807) is 21.3 Å². The molecule has 1 atom stereocenters. The maximum atomic E-state index is 5.73. The molecule has 0 radical (unpaired) electrons. The molecule has 1 aliphatic rings. The molecule has 2 aromatic heterocycles. The van der Waals surface area contributed by atoms with Gasteiger partial charge in [-0.15, -0.1) is 0 Å². The first-order chi connectivity index (χ1) is 15.0. The minimum atomic E-state index is -0.383. The van der Waals surface area contributed by atoms with Crippen LogP contribution in [0.25, 0.3) is 16.8 Å². The standard InChI is InChI=1S/C23H30N4O4/c1-7-18(23(29-5)30-6)24-21-17-11-31-12-19(17)25-22-20(14(3)26-27(21)22)16-9-8-15(28-4)10-13(16)2/h8-10,18,23-24H,7,11-12H2,1-6H3/t18-/m0/s1. The van der Waals surface area contributed by atoms with Crippen LogP contribution in [0.2, 0.25) is 0 Å². The number of methoxy groups -OCH3 is 3. The van der Waals surface area contributed by atoms with E-state index >= 15 is 0 Å². The molecule has 8 heteroatoms. The number of hydrogen-bond acceptors (Lipinski definition) is 7. The summed E-state index contributed by atoms with van der Waals surface area (Å²) in [6.07, 6.45) is 0.433. The van der Waals surface area contributed by atoms with Gasteiger partial charge in [0, 0.05) is 25.3 Å². The number of aryl methyl sites for hydroxylation is 2. The first-order valence-corrected chi connectivity index (χ1v) is 10.5. The lowest BCUT2D eigenvalue weighted by Crippen LogP contribution is -2.37. The van der Waals surface area contributed by atoms with Crippen LogP contribution in [0.1, 0.15) is 35.9 Å². The fraction of sp³-hybridized carbons (Fsp3) is 0.478. The Morgan fingerprint density at radius 1 is 1.16 bits per heavy atom. The Balaban J connectivity index is 1.89. The van der Waals surface area contributed by atoms with E-state index in [0.717, 1.165) is 57.3 Å². The molecule has 1 N–H and O–H groups in total. The molecule has 1 aliphatic heterocycles. The summed E-state index contributed by atoms with van der Waals surface area (Å²) in [5.41, 5.74) is 6.89. The first-order valence-electron chi connectivity index (χ1n) is 10.5. The third-order valence-corrected chi connectivity index (χ3v) is 5.87. The van der Waals surface area contributed by atoms with Crippen LogP contribution >= 0.6 is 0 Å². The Labute approximate surface area is 182 Å². The maximum absolute atomic E-state index is 5.73. The van der Waals surface area contributed by atoms with Crippen molar-refractivity contribution in [1.29, 1.82) is 0 Å². The molecule has 0 saturated carbocycles. The summed E-state index contributed by atoms with van der Waals surface area (Å²) in [5.74, 6) is 1.71. The zero-order valence-corrected chi connectivity index (χ0v) is 19.0. The minimum Gasteiger partial charge on any atom is -0.497 e. The number of nitrogens with zero attached hydrogens (tertiary/aromatic N) is 3. The van der Waals surface area contributed by atoms with Gasteiger partial charge in [-0.05, 0) is 43.5 Å². The smallest absolute Gasteiger partial charge is 0.176 e. The highest BCUT2D eigenvalue weighted by Gasteiger charge is 2.28. The van der Waals surface area contributed by atoms with Crippen LogP contribution in [0.15, 0.2) is 18.2 Å². The molecule has 31 heavy (non-hydrogen) atoms. The fourth-order valence-corrected chi connectivity index (χ4v) is 4.23. The largest absolute Gasteiger partial charge is 0.497 e. The van der Waals surface area contributed by atoms with Crippen LogP contribution in [0.3, 0.4) is 0 Å². The zero-order chi connectivity index (χ0) is 22.1. The highest BCUT2D eigenvalue weighted by molar-refractivity contribution is 5.83. The first kappa shape index (κ1) is 21.5. The van der Waals surface area contributed by atoms with Crippen molar-refractivity contribution in [3.63, 3.8) is 0 Å². The van der Waals surface area contributed by atoms with Crippen molar-refractivity contribution in [2.45, 2.75) is 52.7 Å². The Morgan fingerprint density at radius 3 is 2.58 bits per heavy atom. The van der Waals surface area contributed by atoms with Crippen LogP contribution in [0.4, 0.5) is 5.82 Å². The third-order valence-electron chi connectivity index (χ3n) is 5.87. The number of nitrogens with one attached hydrogen (secondary N) is 1. The zero-order valence-electron chi connectivity index (χ0n) is 19.0. The van der Waals surface area contributed by atoms with Crippen molar-refractivity contribution in [2.24, 2.45) is 0 Å². The summed E-state index contributed by atoms with van der Waals surface area (Å²) in [4.78, 5) is 4.96. The van der Waals surface area contributed by atoms with Gasteiger partial charge in [0.1, 0.15) is 11.6 Å². The molecule has 0 bridgehead atoms. The predicted octanol–water partition coefficient (Wildman–Crippen LogP) is 3.86. The van der Waals surface area contributed by atoms with E-state index in [-0.39, 0.29) is 12.3 Å². The summed E-state index contributed by atoms with van der Waals surface area (Å²) in [5, 5.41) is 8.48. The number of rotatable bonds is 8. The molecule has 3 heterocycles. The van der Waals surface area contributed by atoms with Crippen LogP contribution in [0, 0.1) is 13.8 Å². The van der Waals surface area contributed by atoms with Crippen molar-refractivity contribution in [2.75, 3.05) is 26.6 Å². The molecule has 1 aromatic carbocycles. The molecule has 166 valence electrons. The van der Waals surface area contributed by atoms with Gasteiger partial charge in [-0.3, -0.25) is 0 Å². The van der Waals surface area contributed by atoms with Gasteiger partial charge in [-0.25, -0.2) is 4.98 Å². The average molecular weight is 427 g/mol. The molecule has 3 aromatic rings. The van der Waals surface area contributed by atoms with Crippen molar-refractivity contribution in [3.8, 4) is 16.9 Å². The molecule has 4 rings (SSSR count). The Morgan fingerprint density at radius 2 is 1.94 bits per heavy atom. The summed E-state index contributed by atoms with van der Waals surface area (Å²) < 4.78 is 24.0. The van der Waals surface area contributed by atoms with Crippen LogP contribution in [-0.4, -0.2) is 48.3 Å². The SMILES string of the molecule is CC[C@H](Nc1c2c(nc3c(-c4ccc(OC)cc4C)c(C)nn13)COC2)C(OC)OC. The molecule has 0 amide bonds. The summed E-state index contributed by atoms with van der Waals surface area (Å²) in [6.45, 7) is 7.17. The van der Waals surface area contributed by atoms with Crippen LogP contribution < -0.4 is 10.1 Å². The normalized spacial score (nSPS) is 14.3. The number of aromatic nitrogens is 3. The minimum absolute atomic E-state index is 0.0546. The Kier molecular flexibility index (Phi) is 6.13. The Hall–Kier alpha value is -2.68. The van der Waals surface area contributed by atoms with Gasteiger partial charge < -0.3 is 24.3 Å². The molecule has 0 spiro atoms. The summed E-state index contributed by atoms with van der Waals surface area (Å²) in [7, 11) is 4.98. The van der Waals surface area contributed by atoms with E-state index in [0.29, 0.717) is 13.2 Å². The van der Waals surface area contributed by atoms with E-state index in [2.05, 4.69) is 25.2 Å². The third kappa shape index (κ3) is 3.75. The number of hydrogen-bond donors (Lipinski definition) is 1. The van der Waals surface area contributed by atoms with Gasteiger partial charge in [0.25, 0.3) is 0 Å². The van der Waals surface area contributed by atoms with Crippen molar-refractivity contribution in [3.05, 3.63) is 40.7 Å². The van der Waals surface area contributed by atoms with E-state index < -0.39 is 0 Å². The lowest BCUT2D eigenvalue weighted by atomic mass is 10.0. The second-order valence-electron chi connectivity index (χ2n) is 7.75. The second kappa shape index (κ2) is 8.82. The fourth-order valence-electron chi connectivity index (χ4n) is 4.23. The van der Waals surface area contributed by atoms with Crippen molar-refractivity contribution in [1.82, 2.24) is 14.6 Å². The summed E-state index contributed by atoms with van der Waals surface area (Å²) in [6, 6.07) is 6.01. The average Bonchev–Trinajstić information content (AvgIpc) is 3.37. The van der Waals surface area contributed by atoms with Gasteiger partial charge in [0.2, 0.25) is 0 Å². The van der Waals surface area contributed by atoms with Crippen LogP contribution in [-0.2, 0) is 27.4 Å². The van der Waals surface area contributed by atoms with Crippen molar-refractivity contribution < 1.29 is 18.9 Å². The quantitative estimate of drug-likeness (QED) is 0.548. The topological polar surface area (TPSA) is 79.1 Å². The van der Waals surface area contributed by atoms with E-state index in [9.17, 15) is 0 Å².